The summed E-state index contributed by atoms with van der Waals surface area (Å²) < 4.78 is 0. The Hall–Kier alpha value is -1.48. The summed E-state index contributed by atoms with van der Waals surface area (Å²) in [4.78, 5) is 16.2. The molecule has 1 aromatic heterocycles. The fraction of sp³-hybridized carbons (Fsp3) is 0.231. The maximum Gasteiger partial charge on any atom is 0.166 e. The van der Waals surface area contributed by atoms with Crippen LogP contribution in [0.2, 0.25) is 0 Å². The summed E-state index contributed by atoms with van der Waals surface area (Å²) in [5.41, 5.74) is 3.58. The van der Waals surface area contributed by atoms with Gasteiger partial charge in [-0.1, -0.05) is 37.3 Å². The predicted octanol–water partition coefficient (Wildman–Crippen LogP) is 3.20. The molecule has 1 heterocycles. The predicted molar refractivity (Wildman–Crippen MR) is 65.8 cm³/mol. The average Bonchev–Trinajstić information content (AvgIpc) is 2.82. The molecular weight excluding hydrogens is 218 g/mol. The van der Waals surface area contributed by atoms with Gasteiger partial charge in [0.25, 0.3) is 0 Å². The molecular formula is C13H13NOS. The Morgan fingerprint density at radius 2 is 2.12 bits per heavy atom. The van der Waals surface area contributed by atoms with E-state index in [4.69, 9.17) is 0 Å². The molecule has 0 saturated carbocycles. The molecule has 0 N–H and O–H groups in total. The van der Waals surface area contributed by atoms with E-state index in [0.29, 0.717) is 0 Å². The Balaban J connectivity index is 2.05. The third-order valence-electron chi connectivity index (χ3n) is 2.50. The highest BCUT2D eigenvalue weighted by Crippen LogP contribution is 2.14. The number of rotatable bonds is 4. The number of thiazole rings is 1. The zero-order valence-corrected chi connectivity index (χ0v) is 9.91. The van der Waals surface area contributed by atoms with E-state index in [-0.39, 0.29) is 11.7 Å². The average molecular weight is 231 g/mol. The minimum absolute atomic E-state index is 0.00972. The van der Waals surface area contributed by atoms with Crippen molar-refractivity contribution in [2.75, 3.05) is 0 Å². The molecule has 0 radical (unpaired) electrons. The Bertz CT molecular complexity index is 450. The lowest BCUT2D eigenvalue weighted by molar-refractivity contribution is 0.0929. The number of carbonyl (C=O) groups is 1. The van der Waals surface area contributed by atoms with Crippen molar-refractivity contribution >= 4 is 17.1 Å². The van der Waals surface area contributed by atoms with Gasteiger partial charge in [-0.2, -0.15) is 0 Å². The first-order valence-corrected chi connectivity index (χ1v) is 6.18. The molecule has 82 valence electrons. The van der Waals surface area contributed by atoms with Crippen LogP contribution >= 0.6 is 11.3 Å². The standard InChI is InChI=1S/C13H13NOS/c1-10(7-12-8-16-9-14-12)13(15)11-5-3-2-4-6-11/h2-6,8-10H,7H2,1H3. The van der Waals surface area contributed by atoms with Crippen LogP contribution in [0.5, 0.6) is 0 Å². The van der Waals surface area contributed by atoms with Crippen molar-refractivity contribution in [2.45, 2.75) is 13.3 Å². The number of Topliss-reactive ketones (excluding diaryl/α,β-unsaturated/α-hetero) is 1. The zero-order valence-electron chi connectivity index (χ0n) is 9.09. The van der Waals surface area contributed by atoms with Crippen LogP contribution in [0, 0.1) is 5.92 Å². The van der Waals surface area contributed by atoms with E-state index in [1.165, 1.54) is 0 Å². The van der Waals surface area contributed by atoms with E-state index in [0.717, 1.165) is 17.7 Å². The highest BCUT2D eigenvalue weighted by atomic mass is 32.1. The van der Waals surface area contributed by atoms with E-state index in [9.17, 15) is 4.79 Å². The van der Waals surface area contributed by atoms with Crippen LogP contribution in [0.15, 0.2) is 41.2 Å². The van der Waals surface area contributed by atoms with Crippen molar-refractivity contribution in [3.8, 4) is 0 Å². The molecule has 0 bridgehead atoms. The summed E-state index contributed by atoms with van der Waals surface area (Å²) in [6, 6.07) is 9.42. The topological polar surface area (TPSA) is 30.0 Å². The molecule has 0 aliphatic heterocycles. The number of hydrogen-bond donors (Lipinski definition) is 0. The van der Waals surface area contributed by atoms with Gasteiger partial charge >= 0.3 is 0 Å². The fourth-order valence-corrected chi connectivity index (χ4v) is 2.20. The van der Waals surface area contributed by atoms with Gasteiger partial charge in [-0.25, -0.2) is 4.98 Å². The van der Waals surface area contributed by atoms with Gasteiger partial charge in [-0.15, -0.1) is 11.3 Å². The second-order valence-electron chi connectivity index (χ2n) is 3.82. The normalized spacial score (nSPS) is 12.3. The second kappa shape index (κ2) is 5.03. The van der Waals surface area contributed by atoms with E-state index < -0.39 is 0 Å². The number of ketones is 1. The van der Waals surface area contributed by atoms with Crippen LogP contribution in [0.4, 0.5) is 0 Å². The smallest absolute Gasteiger partial charge is 0.166 e. The van der Waals surface area contributed by atoms with Crippen LogP contribution in [0.1, 0.15) is 23.0 Å². The summed E-state index contributed by atoms with van der Waals surface area (Å²) in [6.45, 7) is 1.95. The van der Waals surface area contributed by atoms with Gasteiger partial charge in [0, 0.05) is 23.3 Å². The molecule has 2 nitrogen and oxygen atoms in total. The molecule has 1 aromatic carbocycles. The molecule has 1 unspecified atom stereocenters. The third kappa shape index (κ3) is 2.55. The molecule has 0 saturated heterocycles. The molecule has 16 heavy (non-hydrogen) atoms. The van der Waals surface area contributed by atoms with Crippen LogP contribution in [-0.4, -0.2) is 10.8 Å². The molecule has 0 amide bonds. The van der Waals surface area contributed by atoms with E-state index >= 15 is 0 Å². The van der Waals surface area contributed by atoms with Crippen molar-refractivity contribution in [3.63, 3.8) is 0 Å². The van der Waals surface area contributed by atoms with E-state index in [1.807, 2.05) is 42.6 Å². The maximum atomic E-state index is 12.0. The maximum absolute atomic E-state index is 12.0. The summed E-state index contributed by atoms with van der Waals surface area (Å²) in [7, 11) is 0. The van der Waals surface area contributed by atoms with Crippen molar-refractivity contribution in [2.24, 2.45) is 5.92 Å². The number of carbonyl (C=O) groups excluding carboxylic acids is 1. The largest absolute Gasteiger partial charge is 0.294 e. The highest BCUT2D eigenvalue weighted by molar-refractivity contribution is 7.07. The van der Waals surface area contributed by atoms with Crippen molar-refractivity contribution < 1.29 is 4.79 Å². The highest BCUT2D eigenvalue weighted by Gasteiger charge is 2.15. The lowest BCUT2D eigenvalue weighted by Gasteiger charge is -2.08. The lowest BCUT2D eigenvalue weighted by Crippen LogP contribution is -2.14. The van der Waals surface area contributed by atoms with Gasteiger partial charge in [-0.05, 0) is 0 Å². The molecule has 0 spiro atoms. The Morgan fingerprint density at radius 1 is 1.38 bits per heavy atom. The van der Waals surface area contributed by atoms with Crippen LogP contribution in [0.3, 0.4) is 0 Å². The minimum atomic E-state index is -0.00972. The Morgan fingerprint density at radius 3 is 2.75 bits per heavy atom. The molecule has 2 aromatic rings. The monoisotopic (exact) mass is 231 g/mol. The van der Waals surface area contributed by atoms with E-state index in [2.05, 4.69) is 4.98 Å². The van der Waals surface area contributed by atoms with Crippen molar-refractivity contribution in [1.29, 1.82) is 0 Å². The van der Waals surface area contributed by atoms with Gasteiger partial charge in [0.1, 0.15) is 0 Å². The SMILES string of the molecule is CC(Cc1cscn1)C(=O)c1ccccc1. The van der Waals surface area contributed by atoms with Gasteiger partial charge in [0.15, 0.2) is 5.78 Å². The van der Waals surface area contributed by atoms with E-state index in [1.54, 1.807) is 16.8 Å². The summed E-state index contributed by atoms with van der Waals surface area (Å²) in [5.74, 6) is 0.179. The molecule has 3 heteroatoms. The fourth-order valence-electron chi connectivity index (χ4n) is 1.63. The van der Waals surface area contributed by atoms with Gasteiger partial charge < -0.3 is 0 Å². The first kappa shape index (κ1) is 11.0. The van der Waals surface area contributed by atoms with Crippen molar-refractivity contribution in [3.05, 3.63) is 52.5 Å². The molecule has 1 atom stereocenters. The number of nitrogens with zero attached hydrogens (tertiary/aromatic N) is 1. The quantitative estimate of drug-likeness (QED) is 0.756. The Kier molecular flexibility index (Phi) is 3.47. The van der Waals surface area contributed by atoms with Gasteiger partial charge in [-0.3, -0.25) is 4.79 Å². The molecule has 0 aliphatic carbocycles. The lowest BCUT2D eigenvalue weighted by atomic mass is 9.95. The van der Waals surface area contributed by atoms with Crippen LogP contribution in [0.25, 0.3) is 0 Å². The summed E-state index contributed by atoms with van der Waals surface area (Å²) in [5, 5.41) is 1.99. The number of benzene rings is 1. The number of aromatic nitrogens is 1. The first-order valence-electron chi connectivity index (χ1n) is 5.23. The van der Waals surface area contributed by atoms with Gasteiger partial charge in [0.05, 0.1) is 11.2 Å². The minimum Gasteiger partial charge on any atom is -0.294 e. The summed E-state index contributed by atoms with van der Waals surface area (Å²) in [6.07, 6.45) is 0.719. The Labute approximate surface area is 99.0 Å². The number of hydrogen-bond acceptors (Lipinski definition) is 3. The zero-order chi connectivity index (χ0) is 11.4. The molecule has 0 aliphatic rings. The third-order valence-corrected chi connectivity index (χ3v) is 3.14. The summed E-state index contributed by atoms with van der Waals surface area (Å²) >= 11 is 1.57. The van der Waals surface area contributed by atoms with Crippen molar-refractivity contribution in [1.82, 2.24) is 4.98 Å². The van der Waals surface area contributed by atoms with Crippen LogP contribution in [-0.2, 0) is 6.42 Å². The molecule has 0 fully saturated rings. The second-order valence-corrected chi connectivity index (χ2v) is 4.53. The first-order chi connectivity index (χ1) is 7.77. The van der Waals surface area contributed by atoms with Crippen LogP contribution < -0.4 is 0 Å². The molecule has 2 rings (SSSR count). The van der Waals surface area contributed by atoms with Gasteiger partial charge in [0.2, 0.25) is 0 Å².